The van der Waals surface area contributed by atoms with Crippen LogP contribution in [0.4, 0.5) is 35.2 Å². The summed E-state index contributed by atoms with van der Waals surface area (Å²) in [5.74, 6) is 0.792. The number of amidine groups is 1. The minimum atomic E-state index is -4.77. The average molecular weight is 625 g/mol. The van der Waals surface area contributed by atoms with E-state index >= 15 is 0 Å². The molecule has 0 spiro atoms. The van der Waals surface area contributed by atoms with Crippen LogP contribution in [-0.4, -0.2) is 49.0 Å². The number of pyridine rings is 1. The third kappa shape index (κ3) is 7.53. The van der Waals surface area contributed by atoms with Gasteiger partial charge in [0.05, 0.1) is 35.6 Å². The van der Waals surface area contributed by atoms with E-state index in [1.807, 2.05) is 39.0 Å². The zero-order valence-electron chi connectivity index (χ0n) is 23.8. The van der Waals surface area contributed by atoms with Gasteiger partial charge in [-0.2, -0.15) is 4.99 Å². The van der Waals surface area contributed by atoms with Crippen LogP contribution in [0.15, 0.2) is 72.1 Å². The molecule has 1 saturated heterocycles. The molecule has 0 atom stereocenters. The molecule has 1 aliphatic heterocycles. The van der Waals surface area contributed by atoms with Gasteiger partial charge in [-0.05, 0) is 66.4 Å². The second-order valence-electron chi connectivity index (χ2n) is 9.99. The molecular formula is C29H27F3N8O3S. The van der Waals surface area contributed by atoms with Gasteiger partial charge in [0, 0.05) is 0 Å². The highest BCUT2D eigenvalue weighted by atomic mass is 32.2. The molecule has 0 aliphatic carbocycles. The normalized spacial score (nSPS) is 14.4. The number of rotatable bonds is 8. The van der Waals surface area contributed by atoms with E-state index in [9.17, 15) is 22.8 Å². The van der Waals surface area contributed by atoms with Gasteiger partial charge in [0.15, 0.2) is 11.0 Å². The van der Waals surface area contributed by atoms with Gasteiger partial charge in [-0.25, -0.2) is 19.4 Å². The first-order valence-corrected chi connectivity index (χ1v) is 14.4. The number of aromatic nitrogens is 4. The van der Waals surface area contributed by atoms with Gasteiger partial charge in [-0.1, -0.05) is 37.7 Å². The predicted octanol–water partition coefficient (Wildman–Crippen LogP) is 6.27. The molecule has 1 fully saturated rings. The molecule has 11 nitrogen and oxygen atoms in total. The lowest BCUT2D eigenvalue weighted by Gasteiger charge is -2.22. The van der Waals surface area contributed by atoms with Crippen LogP contribution >= 0.6 is 11.8 Å². The van der Waals surface area contributed by atoms with E-state index in [1.54, 1.807) is 12.1 Å². The molecule has 5 rings (SSSR count). The maximum absolute atomic E-state index is 12.8. The Morgan fingerprint density at radius 1 is 1.11 bits per heavy atom. The van der Waals surface area contributed by atoms with Gasteiger partial charge in [0.1, 0.15) is 17.9 Å². The van der Waals surface area contributed by atoms with Crippen LogP contribution in [0.2, 0.25) is 0 Å². The summed E-state index contributed by atoms with van der Waals surface area (Å²) in [7, 11) is 0. The summed E-state index contributed by atoms with van der Waals surface area (Å²) in [5, 5.41) is 10.4. The summed E-state index contributed by atoms with van der Waals surface area (Å²) in [6.45, 7) is 6.25. The summed E-state index contributed by atoms with van der Waals surface area (Å²) in [6, 6.07) is 13.8. The Morgan fingerprint density at radius 2 is 1.89 bits per heavy atom. The molecule has 0 unspecified atom stereocenters. The number of halogens is 3. The molecular weight excluding hydrogens is 597 g/mol. The van der Waals surface area contributed by atoms with Crippen LogP contribution < -0.4 is 20.3 Å². The number of aryl methyl sites for hydroxylation is 1. The van der Waals surface area contributed by atoms with Gasteiger partial charge in [-0.3, -0.25) is 9.69 Å². The van der Waals surface area contributed by atoms with Crippen molar-refractivity contribution in [3.8, 4) is 11.4 Å². The highest BCUT2D eigenvalue weighted by Crippen LogP contribution is 2.34. The Kier molecular flexibility index (Phi) is 8.85. The number of thioether (sulfide) groups is 1. The Morgan fingerprint density at radius 3 is 2.57 bits per heavy atom. The van der Waals surface area contributed by atoms with E-state index in [0.717, 1.165) is 16.8 Å². The minimum Gasteiger partial charge on any atom is -0.406 e. The van der Waals surface area contributed by atoms with Crippen LogP contribution in [-0.2, 0) is 11.3 Å². The molecule has 228 valence electrons. The number of carbonyl (C=O) groups excluding carboxylic acids is 2. The average Bonchev–Trinajstić information content (AvgIpc) is 3.58. The number of ether oxygens (including phenoxy) is 1. The van der Waals surface area contributed by atoms with Crippen LogP contribution in [0.25, 0.3) is 5.69 Å². The Bertz CT molecular complexity index is 1690. The van der Waals surface area contributed by atoms with Crippen molar-refractivity contribution < 1.29 is 27.5 Å². The van der Waals surface area contributed by atoms with E-state index in [-0.39, 0.29) is 29.9 Å². The number of nitrogens with zero attached hydrogens (tertiary/aromatic N) is 6. The number of urea groups is 1. The van der Waals surface area contributed by atoms with Gasteiger partial charge in [0.2, 0.25) is 5.91 Å². The number of anilines is 3. The van der Waals surface area contributed by atoms with Crippen molar-refractivity contribution >= 4 is 46.1 Å². The largest absolute Gasteiger partial charge is 0.573 e. The van der Waals surface area contributed by atoms with E-state index in [0.29, 0.717) is 28.2 Å². The van der Waals surface area contributed by atoms with Crippen molar-refractivity contribution in [2.45, 2.75) is 39.6 Å². The molecule has 15 heteroatoms. The van der Waals surface area contributed by atoms with E-state index in [2.05, 4.69) is 35.4 Å². The van der Waals surface area contributed by atoms with Crippen molar-refractivity contribution in [1.82, 2.24) is 19.7 Å². The molecule has 2 aromatic heterocycles. The number of nitrogens with one attached hydrogen (secondary N) is 2. The second kappa shape index (κ2) is 12.8. The van der Waals surface area contributed by atoms with E-state index in [1.165, 1.54) is 58.1 Å². The molecule has 0 saturated carbocycles. The Hall–Kier alpha value is -4.92. The fourth-order valence-electron chi connectivity index (χ4n) is 4.30. The van der Waals surface area contributed by atoms with E-state index in [4.69, 9.17) is 0 Å². The summed E-state index contributed by atoms with van der Waals surface area (Å²) in [5.41, 5.74) is 3.62. The maximum Gasteiger partial charge on any atom is 0.573 e. The number of carbonyl (C=O) groups is 2. The molecule has 4 aromatic rings. The molecule has 44 heavy (non-hydrogen) atoms. The topological polar surface area (TPSA) is 127 Å². The number of benzene rings is 2. The highest BCUT2D eigenvalue weighted by molar-refractivity contribution is 8.15. The fourth-order valence-corrected chi connectivity index (χ4v) is 5.16. The van der Waals surface area contributed by atoms with Crippen molar-refractivity contribution in [3.63, 3.8) is 0 Å². The molecule has 2 N–H and O–H groups in total. The number of amides is 3. The SMILES string of the molecule is Cc1ccc(C(C)C)c(N2C(=O)CSC2=NC(=O)Nc2ccc(NCc3ncn(-c4ccc(OC(F)(F)F)cc4)n3)nc2)c1. The van der Waals surface area contributed by atoms with Crippen molar-refractivity contribution in [2.24, 2.45) is 4.99 Å². The number of aliphatic imine (C=N–C) groups is 1. The number of hydrogen-bond acceptors (Lipinski definition) is 8. The second-order valence-corrected chi connectivity index (χ2v) is 10.9. The quantitative estimate of drug-likeness (QED) is 0.235. The van der Waals surface area contributed by atoms with Gasteiger partial charge in [-0.15, -0.1) is 18.3 Å². The highest BCUT2D eigenvalue weighted by Gasteiger charge is 2.33. The number of alkyl halides is 3. The fraction of sp³-hybridized carbons (Fsp3) is 0.241. The maximum atomic E-state index is 12.8. The Balaban J connectivity index is 1.18. The van der Waals surface area contributed by atoms with Gasteiger partial charge < -0.3 is 15.4 Å². The summed E-state index contributed by atoms with van der Waals surface area (Å²) >= 11 is 1.21. The first-order valence-electron chi connectivity index (χ1n) is 13.4. The lowest BCUT2D eigenvalue weighted by Crippen LogP contribution is -2.31. The zero-order valence-corrected chi connectivity index (χ0v) is 24.6. The third-order valence-electron chi connectivity index (χ3n) is 6.33. The molecule has 1 aliphatic rings. The molecule has 3 heterocycles. The van der Waals surface area contributed by atoms with Crippen LogP contribution in [0.1, 0.15) is 36.7 Å². The van der Waals surface area contributed by atoms with Crippen LogP contribution in [0.5, 0.6) is 5.75 Å². The molecule has 0 bridgehead atoms. The van der Waals surface area contributed by atoms with Crippen molar-refractivity contribution in [1.29, 1.82) is 0 Å². The first kappa shape index (κ1) is 30.5. The Labute approximate surface area is 254 Å². The van der Waals surface area contributed by atoms with Crippen molar-refractivity contribution in [2.75, 3.05) is 21.3 Å². The standard InChI is InChI=1S/C29H27F3N8O3S/c1-17(2)22-10-4-18(3)12-23(22)40-26(41)15-44-28(40)37-27(42)36-19-5-11-24(33-13-19)34-14-25-35-16-39(38-25)20-6-8-21(9-7-20)43-29(30,31)32/h4-13,16-17H,14-15H2,1-3H3,(H,33,34)(H,36,42). The van der Waals surface area contributed by atoms with Gasteiger partial charge in [0.25, 0.3) is 0 Å². The lowest BCUT2D eigenvalue weighted by molar-refractivity contribution is -0.274. The molecule has 2 aromatic carbocycles. The summed E-state index contributed by atoms with van der Waals surface area (Å²) < 4.78 is 42.4. The number of hydrogen-bond donors (Lipinski definition) is 2. The van der Waals surface area contributed by atoms with Crippen LogP contribution in [0.3, 0.4) is 0 Å². The van der Waals surface area contributed by atoms with Crippen molar-refractivity contribution in [3.05, 3.63) is 84.1 Å². The summed E-state index contributed by atoms with van der Waals surface area (Å²) in [4.78, 5) is 39.7. The smallest absolute Gasteiger partial charge is 0.406 e. The lowest BCUT2D eigenvalue weighted by atomic mass is 9.99. The zero-order chi connectivity index (χ0) is 31.4. The summed E-state index contributed by atoms with van der Waals surface area (Å²) in [6.07, 6.45) is -1.87. The third-order valence-corrected chi connectivity index (χ3v) is 7.25. The van der Waals surface area contributed by atoms with Gasteiger partial charge >= 0.3 is 12.4 Å². The molecule has 3 amide bonds. The van der Waals surface area contributed by atoms with Crippen LogP contribution in [0, 0.1) is 6.92 Å². The monoisotopic (exact) mass is 624 g/mol. The molecule has 0 radical (unpaired) electrons. The predicted molar refractivity (Wildman–Crippen MR) is 161 cm³/mol. The van der Waals surface area contributed by atoms with E-state index < -0.39 is 12.4 Å². The minimum absolute atomic E-state index is 0.140. The first-order chi connectivity index (χ1) is 20.9.